The van der Waals surface area contributed by atoms with Crippen molar-refractivity contribution in [2.24, 2.45) is 0 Å². The van der Waals surface area contributed by atoms with Crippen LogP contribution < -0.4 is 14.2 Å². The fraction of sp³-hybridized carbons (Fsp3) is 0.364. The molecule has 1 aliphatic rings. The number of nitrogens with zero attached hydrogens (tertiary/aromatic N) is 2. The summed E-state index contributed by atoms with van der Waals surface area (Å²) in [5.74, 6) is 1.71. The van der Waals surface area contributed by atoms with E-state index < -0.39 is 0 Å². The zero-order valence-electron chi connectivity index (χ0n) is 16.8. The van der Waals surface area contributed by atoms with Crippen molar-refractivity contribution >= 4 is 27.5 Å². The fourth-order valence-corrected chi connectivity index (χ4v) is 4.89. The van der Waals surface area contributed by atoms with Gasteiger partial charge >= 0.3 is 0 Å². The summed E-state index contributed by atoms with van der Waals surface area (Å²) in [6.45, 7) is 1.37. The Hall–Kier alpha value is -2.80. The van der Waals surface area contributed by atoms with Gasteiger partial charge in [0.1, 0.15) is 5.75 Å². The molecule has 152 valence electrons. The summed E-state index contributed by atoms with van der Waals surface area (Å²) in [6.07, 6.45) is 1.98. The van der Waals surface area contributed by atoms with Gasteiger partial charge in [-0.15, -0.1) is 11.3 Å². The highest BCUT2D eigenvalue weighted by atomic mass is 32.1. The second kappa shape index (κ2) is 8.29. The second-order valence-electron chi connectivity index (χ2n) is 7.02. The molecular formula is C22H24N2O4S. The molecule has 4 rings (SSSR count). The lowest BCUT2D eigenvalue weighted by Gasteiger charge is -2.32. The summed E-state index contributed by atoms with van der Waals surface area (Å²) in [4.78, 5) is 20.0. The molecule has 1 saturated heterocycles. The number of carbonyl (C=O) groups excluding carboxylic acids is 1. The monoisotopic (exact) mass is 412 g/mol. The van der Waals surface area contributed by atoms with E-state index in [0.29, 0.717) is 29.4 Å². The van der Waals surface area contributed by atoms with Crippen LogP contribution in [0, 0.1) is 0 Å². The third-order valence-corrected chi connectivity index (χ3v) is 6.50. The maximum atomic E-state index is 13.3. The Balaban J connectivity index is 1.60. The highest BCUT2D eigenvalue weighted by Crippen LogP contribution is 2.37. The molecule has 2 heterocycles. The molecule has 2 aromatic carbocycles. The van der Waals surface area contributed by atoms with Gasteiger partial charge in [-0.3, -0.25) is 4.79 Å². The molecular weight excluding hydrogens is 388 g/mol. The minimum atomic E-state index is -0.0615. The fourth-order valence-electron chi connectivity index (χ4n) is 3.79. The van der Waals surface area contributed by atoms with E-state index in [-0.39, 0.29) is 11.8 Å². The lowest BCUT2D eigenvalue weighted by molar-refractivity contribution is 0.0703. The first-order valence-electron chi connectivity index (χ1n) is 9.59. The number of fused-ring (bicyclic) bond motifs is 1. The van der Waals surface area contributed by atoms with Crippen LogP contribution in [0.3, 0.4) is 0 Å². The van der Waals surface area contributed by atoms with Crippen molar-refractivity contribution < 1.29 is 19.0 Å². The predicted molar refractivity (Wildman–Crippen MR) is 114 cm³/mol. The van der Waals surface area contributed by atoms with Gasteiger partial charge in [0.2, 0.25) is 0 Å². The summed E-state index contributed by atoms with van der Waals surface area (Å²) in [7, 11) is 4.67. The van der Waals surface area contributed by atoms with E-state index in [0.717, 1.165) is 29.9 Å². The Bertz CT molecular complexity index is 1000. The van der Waals surface area contributed by atoms with Gasteiger partial charge in [0.05, 0.1) is 42.1 Å². The number of carbonyl (C=O) groups is 1. The number of ether oxygens (including phenoxy) is 3. The smallest absolute Gasteiger partial charge is 0.257 e. The van der Waals surface area contributed by atoms with Crippen molar-refractivity contribution in [1.82, 2.24) is 9.88 Å². The van der Waals surface area contributed by atoms with Gasteiger partial charge in [0, 0.05) is 31.1 Å². The highest BCUT2D eigenvalue weighted by molar-refractivity contribution is 7.18. The van der Waals surface area contributed by atoms with Crippen LogP contribution in [0.1, 0.15) is 34.1 Å². The van der Waals surface area contributed by atoms with Crippen LogP contribution in [-0.4, -0.2) is 50.2 Å². The summed E-state index contributed by atoms with van der Waals surface area (Å²) >= 11 is 1.72. The minimum absolute atomic E-state index is 0.0615. The molecule has 0 spiro atoms. The maximum absolute atomic E-state index is 13.3. The standard InChI is InChI=1S/C22H24N2O4S/c1-26-17-12-19(28-3)18(27-2)11-15(17)22(25)24-10-6-7-14(13-24)21-23-16-8-4-5-9-20(16)29-21/h4-5,8-9,11-12,14H,6-7,10,13H2,1-3H3. The second-order valence-corrected chi connectivity index (χ2v) is 8.08. The number of thiazole rings is 1. The van der Waals surface area contributed by atoms with Crippen molar-refractivity contribution in [2.45, 2.75) is 18.8 Å². The van der Waals surface area contributed by atoms with Crippen LogP contribution in [0.2, 0.25) is 0 Å². The number of likely N-dealkylation sites (tertiary alicyclic amines) is 1. The van der Waals surface area contributed by atoms with E-state index in [4.69, 9.17) is 19.2 Å². The topological polar surface area (TPSA) is 60.9 Å². The molecule has 7 heteroatoms. The number of benzene rings is 2. The third kappa shape index (κ3) is 3.74. The van der Waals surface area contributed by atoms with Crippen LogP contribution in [0.25, 0.3) is 10.2 Å². The SMILES string of the molecule is COc1cc(OC)c(C(=O)N2CCCC(c3nc4ccccc4s3)C2)cc1OC. The van der Waals surface area contributed by atoms with E-state index in [9.17, 15) is 4.79 Å². The molecule has 0 N–H and O–H groups in total. The molecule has 1 amide bonds. The average molecular weight is 413 g/mol. The van der Waals surface area contributed by atoms with E-state index in [2.05, 4.69) is 6.07 Å². The molecule has 1 unspecified atom stereocenters. The number of hydrogen-bond donors (Lipinski definition) is 0. The number of piperidine rings is 1. The van der Waals surface area contributed by atoms with Gasteiger partial charge < -0.3 is 19.1 Å². The van der Waals surface area contributed by atoms with E-state index in [1.165, 1.54) is 4.70 Å². The first-order valence-corrected chi connectivity index (χ1v) is 10.4. The highest BCUT2D eigenvalue weighted by Gasteiger charge is 2.29. The Morgan fingerprint density at radius 3 is 2.52 bits per heavy atom. The molecule has 0 bridgehead atoms. The zero-order chi connectivity index (χ0) is 20.4. The first kappa shape index (κ1) is 19.5. The van der Waals surface area contributed by atoms with Crippen LogP contribution in [0.5, 0.6) is 17.2 Å². The Labute approximate surface area is 174 Å². The van der Waals surface area contributed by atoms with E-state index in [1.54, 1.807) is 44.8 Å². The van der Waals surface area contributed by atoms with Crippen LogP contribution in [-0.2, 0) is 0 Å². The van der Waals surface area contributed by atoms with Gasteiger partial charge in [0.15, 0.2) is 11.5 Å². The number of para-hydroxylation sites is 1. The van der Waals surface area contributed by atoms with Crippen molar-refractivity contribution in [3.8, 4) is 17.2 Å². The molecule has 1 fully saturated rings. The van der Waals surface area contributed by atoms with Crippen molar-refractivity contribution in [3.63, 3.8) is 0 Å². The maximum Gasteiger partial charge on any atom is 0.257 e. The van der Waals surface area contributed by atoms with E-state index in [1.807, 2.05) is 23.1 Å². The molecule has 3 aromatic rings. The Kier molecular flexibility index (Phi) is 5.58. The number of amides is 1. The Morgan fingerprint density at radius 2 is 1.79 bits per heavy atom. The number of methoxy groups -OCH3 is 3. The molecule has 0 aliphatic carbocycles. The lowest BCUT2D eigenvalue weighted by atomic mass is 9.97. The molecule has 1 atom stereocenters. The molecule has 29 heavy (non-hydrogen) atoms. The number of aromatic nitrogens is 1. The molecule has 1 aliphatic heterocycles. The third-order valence-electron chi connectivity index (χ3n) is 5.30. The molecule has 6 nitrogen and oxygen atoms in total. The number of hydrogen-bond acceptors (Lipinski definition) is 6. The van der Waals surface area contributed by atoms with Gasteiger partial charge in [-0.2, -0.15) is 0 Å². The first-order chi connectivity index (χ1) is 14.1. The van der Waals surface area contributed by atoms with Gasteiger partial charge in [-0.05, 0) is 25.0 Å². The summed E-state index contributed by atoms with van der Waals surface area (Å²) < 4.78 is 17.3. The summed E-state index contributed by atoms with van der Waals surface area (Å²) in [5, 5.41) is 1.10. The average Bonchev–Trinajstić information content (AvgIpc) is 3.22. The van der Waals surface area contributed by atoms with Crippen LogP contribution in [0.15, 0.2) is 36.4 Å². The largest absolute Gasteiger partial charge is 0.496 e. The summed E-state index contributed by atoms with van der Waals surface area (Å²) in [5.41, 5.74) is 1.51. The van der Waals surface area contributed by atoms with Gasteiger partial charge in [-0.25, -0.2) is 4.98 Å². The van der Waals surface area contributed by atoms with Crippen LogP contribution in [0.4, 0.5) is 0 Å². The van der Waals surface area contributed by atoms with Crippen molar-refractivity contribution in [2.75, 3.05) is 34.4 Å². The number of rotatable bonds is 5. The molecule has 1 aromatic heterocycles. The Morgan fingerprint density at radius 1 is 1.07 bits per heavy atom. The van der Waals surface area contributed by atoms with Crippen molar-refractivity contribution in [3.05, 3.63) is 47.0 Å². The van der Waals surface area contributed by atoms with Gasteiger partial charge in [0.25, 0.3) is 5.91 Å². The summed E-state index contributed by atoms with van der Waals surface area (Å²) in [6, 6.07) is 11.6. The van der Waals surface area contributed by atoms with Gasteiger partial charge in [-0.1, -0.05) is 12.1 Å². The predicted octanol–water partition coefficient (Wildman–Crippen LogP) is 4.34. The quantitative estimate of drug-likeness (QED) is 0.624. The molecule has 0 saturated carbocycles. The van der Waals surface area contributed by atoms with E-state index >= 15 is 0 Å². The van der Waals surface area contributed by atoms with Crippen molar-refractivity contribution in [1.29, 1.82) is 0 Å². The lowest BCUT2D eigenvalue weighted by Crippen LogP contribution is -2.39. The normalized spacial score (nSPS) is 16.7. The van der Waals surface area contributed by atoms with Crippen LogP contribution >= 0.6 is 11.3 Å². The zero-order valence-corrected chi connectivity index (χ0v) is 17.6. The minimum Gasteiger partial charge on any atom is -0.496 e. The molecule has 0 radical (unpaired) electrons.